The largest absolute Gasteiger partial charge is 0.394 e. The third-order valence-corrected chi connectivity index (χ3v) is 4.34. The minimum absolute atomic E-state index is 0.0247. The zero-order valence-corrected chi connectivity index (χ0v) is 14.0. The number of rotatable bonds is 3. The molecule has 1 aromatic carbocycles. The van der Waals surface area contributed by atoms with Gasteiger partial charge in [-0.2, -0.15) is 0 Å². The second kappa shape index (κ2) is 7.11. The van der Waals surface area contributed by atoms with Crippen LogP contribution in [0.2, 0.25) is 0 Å². The molecule has 24 heavy (non-hydrogen) atoms. The van der Waals surface area contributed by atoms with E-state index in [0.29, 0.717) is 18.7 Å². The molecule has 0 saturated carbocycles. The van der Waals surface area contributed by atoms with Crippen molar-refractivity contribution in [2.24, 2.45) is 0 Å². The number of hydrogen-bond acceptors (Lipinski definition) is 4. The van der Waals surface area contributed by atoms with E-state index in [1.54, 1.807) is 17.3 Å². The maximum absolute atomic E-state index is 12.9. The lowest BCUT2D eigenvalue weighted by atomic mass is 10.0. The highest BCUT2D eigenvalue weighted by Gasteiger charge is 2.30. The molecule has 2 heterocycles. The molecule has 1 aromatic heterocycles. The van der Waals surface area contributed by atoms with E-state index in [2.05, 4.69) is 4.98 Å². The van der Waals surface area contributed by atoms with Crippen LogP contribution in [0.5, 0.6) is 0 Å². The molecule has 1 fully saturated rings. The SMILES string of the molecule is Cc1ccc(-c2cncc(C(=O)N3C[C@H](CO)OC[C@@H]3C)c2)cc1. The molecule has 0 aliphatic carbocycles. The van der Waals surface area contributed by atoms with E-state index >= 15 is 0 Å². The standard InChI is InChI=1S/C19H22N2O3/c1-13-3-5-15(6-4-13)16-7-17(9-20-8-16)19(23)21-10-18(11-22)24-12-14(21)2/h3-9,14,18,22H,10-12H2,1-2H3/t14-,18+/m0/s1. The van der Waals surface area contributed by atoms with Crippen molar-refractivity contribution in [3.63, 3.8) is 0 Å². The third kappa shape index (κ3) is 3.47. The Balaban J connectivity index is 1.85. The van der Waals surface area contributed by atoms with Gasteiger partial charge in [0.05, 0.1) is 30.9 Å². The van der Waals surface area contributed by atoms with Gasteiger partial charge in [0.2, 0.25) is 0 Å². The average Bonchev–Trinajstić information content (AvgIpc) is 2.62. The van der Waals surface area contributed by atoms with Gasteiger partial charge < -0.3 is 14.7 Å². The number of pyridine rings is 1. The lowest BCUT2D eigenvalue weighted by Crippen LogP contribution is -2.52. The number of aliphatic hydroxyl groups excluding tert-OH is 1. The molecule has 1 amide bonds. The lowest BCUT2D eigenvalue weighted by Gasteiger charge is -2.37. The Morgan fingerprint density at radius 2 is 2.04 bits per heavy atom. The Kier molecular flexibility index (Phi) is 4.92. The fourth-order valence-electron chi connectivity index (χ4n) is 2.84. The van der Waals surface area contributed by atoms with E-state index in [9.17, 15) is 9.90 Å². The van der Waals surface area contributed by atoms with Crippen LogP contribution in [-0.4, -0.2) is 52.8 Å². The molecule has 5 heteroatoms. The van der Waals surface area contributed by atoms with E-state index in [4.69, 9.17) is 4.74 Å². The van der Waals surface area contributed by atoms with Crippen LogP contribution >= 0.6 is 0 Å². The first-order valence-corrected chi connectivity index (χ1v) is 8.14. The molecule has 1 aliphatic heterocycles. The third-order valence-electron chi connectivity index (χ3n) is 4.34. The Bertz CT molecular complexity index is 715. The molecule has 2 atom stereocenters. The normalized spacial score (nSPS) is 20.9. The molecule has 1 saturated heterocycles. The molecule has 3 rings (SSSR count). The number of carbonyl (C=O) groups is 1. The number of aryl methyl sites for hydroxylation is 1. The molecule has 2 aromatic rings. The maximum Gasteiger partial charge on any atom is 0.255 e. The monoisotopic (exact) mass is 326 g/mol. The zero-order valence-electron chi connectivity index (χ0n) is 14.0. The minimum Gasteiger partial charge on any atom is -0.394 e. The van der Waals surface area contributed by atoms with Crippen LogP contribution in [0.3, 0.4) is 0 Å². The molecular formula is C19H22N2O3. The van der Waals surface area contributed by atoms with Crippen LogP contribution in [-0.2, 0) is 4.74 Å². The summed E-state index contributed by atoms with van der Waals surface area (Å²) < 4.78 is 5.50. The summed E-state index contributed by atoms with van der Waals surface area (Å²) >= 11 is 0. The van der Waals surface area contributed by atoms with Crippen molar-refractivity contribution in [1.29, 1.82) is 0 Å². The van der Waals surface area contributed by atoms with Crippen molar-refractivity contribution in [2.45, 2.75) is 26.0 Å². The van der Waals surface area contributed by atoms with Gasteiger partial charge in [-0.1, -0.05) is 29.8 Å². The molecule has 1 aliphatic rings. The molecule has 126 valence electrons. The molecule has 1 N–H and O–H groups in total. The van der Waals surface area contributed by atoms with Gasteiger partial charge in [0.25, 0.3) is 5.91 Å². The topological polar surface area (TPSA) is 62.7 Å². The van der Waals surface area contributed by atoms with Gasteiger partial charge in [0.1, 0.15) is 0 Å². The van der Waals surface area contributed by atoms with Crippen molar-refractivity contribution in [2.75, 3.05) is 19.8 Å². The molecule has 0 bridgehead atoms. The smallest absolute Gasteiger partial charge is 0.255 e. The number of aliphatic hydroxyl groups is 1. The molecule has 0 radical (unpaired) electrons. The number of ether oxygens (including phenoxy) is 1. The number of hydrogen-bond donors (Lipinski definition) is 1. The second-order valence-corrected chi connectivity index (χ2v) is 6.27. The van der Waals surface area contributed by atoms with Gasteiger partial charge in [-0.05, 0) is 25.5 Å². The van der Waals surface area contributed by atoms with Gasteiger partial charge in [-0.15, -0.1) is 0 Å². The number of morpholine rings is 1. The average molecular weight is 326 g/mol. The van der Waals surface area contributed by atoms with E-state index in [0.717, 1.165) is 11.1 Å². The van der Waals surface area contributed by atoms with Crippen molar-refractivity contribution >= 4 is 5.91 Å². The zero-order chi connectivity index (χ0) is 17.1. The van der Waals surface area contributed by atoms with Crippen molar-refractivity contribution in [3.05, 3.63) is 53.9 Å². The lowest BCUT2D eigenvalue weighted by molar-refractivity contribution is -0.0667. The van der Waals surface area contributed by atoms with Crippen molar-refractivity contribution in [1.82, 2.24) is 9.88 Å². The fraction of sp³-hybridized carbons (Fsp3) is 0.368. The van der Waals surface area contributed by atoms with E-state index in [1.807, 2.05) is 44.2 Å². The van der Waals surface area contributed by atoms with Crippen LogP contribution in [0.25, 0.3) is 11.1 Å². The summed E-state index contributed by atoms with van der Waals surface area (Å²) in [4.78, 5) is 18.8. The van der Waals surface area contributed by atoms with Gasteiger partial charge in [0.15, 0.2) is 0 Å². The molecule has 0 unspecified atom stereocenters. The number of carbonyl (C=O) groups excluding carboxylic acids is 1. The summed E-state index contributed by atoms with van der Waals surface area (Å²) in [5, 5.41) is 9.29. The Labute approximate surface area is 141 Å². The van der Waals surface area contributed by atoms with Crippen molar-refractivity contribution < 1.29 is 14.6 Å². The first kappa shape index (κ1) is 16.6. The van der Waals surface area contributed by atoms with Crippen LogP contribution in [0.4, 0.5) is 0 Å². The number of benzene rings is 1. The van der Waals surface area contributed by atoms with Gasteiger partial charge in [-0.25, -0.2) is 0 Å². The van der Waals surface area contributed by atoms with Gasteiger partial charge in [-0.3, -0.25) is 9.78 Å². The van der Waals surface area contributed by atoms with Crippen LogP contribution in [0.15, 0.2) is 42.7 Å². The van der Waals surface area contributed by atoms with E-state index in [-0.39, 0.29) is 24.7 Å². The Hall–Kier alpha value is -2.24. The summed E-state index contributed by atoms with van der Waals surface area (Å²) in [5.74, 6) is -0.0780. The van der Waals surface area contributed by atoms with Crippen LogP contribution < -0.4 is 0 Å². The van der Waals surface area contributed by atoms with Crippen LogP contribution in [0.1, 0.15) is 22.8 Å². The highest BCUT2D eigenvalue weighted by atomic mass is 16.5. The number of nitrogens with zero attached hydrogens (tertiary/aromatic N) is 2. The summed E-state index contributed by atoms with van der Waals surface area (Å²) in [5.41, 5.74) is 3.70. The number of aromatic nitrogens is 1. The first-order valence-electron chi connectivity index (χ1n) is 8.14. The molecular weight excluding hydrogens is 304 g/mol. The first-order chi connectivity index (χ1) is 11.6. The summed E-state index contributed by atoms with van der Waals surface area (Å²) in [6.07, 6.45) is 3.04. The summed E-state index contributed by atoms with van der Waals surface area (Å²) in [6, 6.07) is 9.98. The summed E-state index contributed by atoms with van der Waals surface area (Å²) in [7, 11) is 0. The van der Waals surface area contributed by atoms with Gasteiger partial charge >= 0.3 is 0 Å². The Morgan fingerprint density at radius 3 is 2.75 bits per heavy atom. The highest BCUT2D eigenvalue weighted by molar-refractivity contribution is 5.95. The van der Waals surface area contributed by atoms with E-state index < -0.39 is 0 Å². The molecule has 5 nitrogen and oxygen atoms in total. The maximum atomic E-state index is 12.9. The summed E-state index contributed by atoms with van der Waals surface area (Å²) in [6.45, 7) is 4.73. The molecule has 0 spiro atoms. The predicted molar refractivity (Wildman–Crippen MR) is 91.7 cm³/mol. The highest BCUT2D eigenvalue weighted by Crippen LogP contribution is 2.22. The second-order valence-electron chi connectivity index (χ2n) is 6.27. The number of amides is 1. The Morgan fingerprint density at radius 1 is 1.29 bits per heavy atom. The van der Waals surface area contributed by atoms with Crippen LogP contribution in [0, 0.1) is 6.92 Å². The fourth-order valence-corrected chi connectivity index (χ4v) is 2.84. The van der Waals surface area contributed by atoms with E-state index in [1.165, 1.54) is 5.56 Å². The predicted octanol–water partition coefficient (Wildman–Crippen LogP) is 2.28. The van der Waals surface area contributed by atoms with Crippen molar-refractivity contribution in [3.8, 4) is 11.1 Å². The van der Waals surface area contributed by atoms with Gasteiger partial charge in [0, 0.05) is 24.5 Å². The minimum atomic E-state index is -0.321. The quantitative estimate of drug-likeness (QED) is 0.940.